The average Bonchev–Trinajstić information content (AvgIpc) is 3.00. The van der Waals surface area contributed by atoms with E-state index in [1.165, 1.54) is 0 Å². The summed E-state index contributed by atoms with van der Waals surface area (Å²) in [6.45, 7) is 8.24. The highest BCUT2D eigenvalue weighted by molar-refractivity contribution is 6.04. The molecule has 0 aliphatic carbocycles. The molecule has 8 heteroatoms. The highest BCUT2D eigenvalue weighted by Gasteiger charge is 2.17. The number of aromatic nitrogens is 3. The van der Waals surface area contributed by atoms with Gasteiger partial charge in [0.1, 0.15) is 0 Å². The number of ether oxygens (including phenoxy) is 1. The number of rotatable bonds is 7. The van der Waals surface area contributed by atoms with Crippen molar-refractivity contribution in [2.24, 2.45) is 13.0 Å². The zero-order valence-corrected chi connectivity index (χ0v) is 17.9. The molecule has 2 N–H and O–H groups in total. The summed E-state index contributed by atoms with van der Waals surface area (Å²) in [5.74, 6) is 0.0820. The van der Waals surface area contributed by atoms with Crippen molar-refractivity contribution in [2.75, 3.05) is 18.5 Å². The Kier molecular flexibility index (Phi) is 6.34. The number of fused-ring (bicyclic) bond motifs is 1. The van der Waals surface area contributed by atoms with Crippen LogP contribution in [0.1, 0.15) is 35.5 Å². The number of para-hydroxylation sites is 1. The summed E-state index contributed by atoms with van der Waals surface area (Å²) in [6, 6.07) is 8.83. The van der Waals surface area contributed by atoms with Gasteiger partial charge in [-0.05, 0) is 43.5 Å². The van der Waals surface area contributed by atoms with Crippen LogP contribution in [-0.4, -0.2) is 39.7 Å². The van der Waals surface area contributed by atoms with Crippen molar-refractivity contribution < 1.29 is 14.3 Å². The van der Waals surface area contributed by atoms with Crippen LogP contribution in [0.15, 0.2) is 30.3 Å². The van der Waals surface area contributed by atoms with Crippen LogP contribution in [0, 0.1) is 19.8 Å². The Bertz CT molecular complexity index is 1090. The second-order valence-electron chi connectivity index (χ2n) is 7.69. The highest BCUT2D eigenvalue weighted by atomic mass is 16.5. The van der Waals surface area contributed by atoms with Gasteiger partial charge in [-0.1, -0.05) is 26.0 Å². The molecule has 8 nitrogen and oxygen atoms in total. The van der Waals surface area contributed by atoms with Crippen LogP contribution in [0.3, 0.4) is 0 Å². The first-order valence-corrected chi connectivity index (χ1v) is 9.87. The molecular formula is C22H27N5O3. The van der Waals surface area contributed by atoms with E-state index in [-0.39, 0.29) is 18.4 Å². The molecular weight excluding hydrogens is 382 g/mol. The largest absolute Gasteiger partial charge is 0.466 e. The smallest absolute Gasteiger partial charge is 0.262 e. The fourth-order valence-corrected chi connectivity index (χ4v) is 3.15. The molecule has 0 radical (unpaired) electrons. The fourth-order valence-electron chi connectivity index (χ4n) is 3.15. The number of anilines is 1. The molecule has 1 aromatic carbocycles. The lowest BCUT2D eigenvalue weighted by molar-refractivity contribution is -0.118. The minimum atomic E-state index is -0.379. The summed E-state index contributed by atoms with van der Waals surface area (Å²) in [6.07, 6.45) is 0. The molecule has 3 aromatic rings. The Morgan fingerprint density at radius 2 is 1.93 bits per heavy atom. The third-order valence-electron chi connectivity index (χ3n) is 4.54. The maximum atomic E-state index is 12.5. The molecule has 3 rings (SSSR count). The van der Waals surface area contributed by atoms with Crippen LogP contribution in [0.5, 0.6) is 5.88 Å². The molecule has 2 aromatic heterocycles. The van der Waals surface area contributed by atoms with Gasteiger partial charge in [-0.2, -0.15) is 0 Å². The normalized spacial score (nSPS) is 11.0. The summed E-state index contributed by atoms with van der Waals surface area (Å²) in [4.78, 5) is 29.4. The Morgan fingerprint density at radius 1 is 1.20 bits per heavy atom. The van der Waals surface area contributed by atoms with E-state index < -0.39 is 0 Å². The van der Waals surface area contributed by atoms with Crippen LogP contribution in [0.4, 0.5) is 5.69 Å². The van der Waals surface area contributed by atoms with Gasteiger partial charge in [0.25, 0.3) is 11.8 Å². The van der Waals surface area contributed by atoms with Crippen LogP contribution in [0.2, 0.25) is 0 Å². The quantitative estimate of drug-likeness (QED) is 0.625. The molecule has 30 heavy (non-hydrogen) atoms. The summed E-state index contributed by atoms with van der Waals surface area (Å²) in [5, 5.41) is 10.7. The second-order valence-corrected chi connectivity index (χ2v) is 7.69. The molecule has 158 valence electrons. The zero-order valence-electron chi connectivity index (χ0n) is 17.9. The van der Waals surface area contributed by atoms with Crippen LogP contribution < -0.4 is 15.4 Å². The minimum Gasteiger partial charge on any atom is -0.466 e. The monoisotopic (exact) mass is 409 g/mol. The van der Waals surface area contributed by atoms with E-state index in [1.807, 2.05) is 33.8 Å². The summed E-state index contributed by atoms with van der Waals surface area (Å²) >= 11 is 0. The third kappa shape index (κ3) is 4.76. The van der Waals surface area contributed by atoms with Crippen LogP contribution in [-0.2, 0) is 11.8 Å². The number of aryl methyl sites for hydroxylation is 3. The van der Waals surface area contributed by atoms with E-state index in [4.69, 9.17) is 4.74 Å². The molecule has 0 spiro atoms. The number of amides is 2. The van der Waals surface area contributed by atoms with Crippen molar-refractivity contribution in [1.82, 2.24) is 20.1 Å². The summed E-state index contributed by atoms with van der Waals surface area (Å²) in [5.41, 5.74) is 3.42. The maximum absolute atomic E-state index is 12.5. The molecule has 0 aliphatic heterocycles. The van der Waals surface area contributed by atoms with Crippen molar-refractivity contribution in [3.8, 4) is 5.88 Å². The number of benzene rings is 1. The van der Waals surface area contributed by atoms with E-state index in [0.29, 0.717) is 35.2 Å². The number of carbonyl (C=O) groups is 2. The SMILES string of the molecule is Cc1cc(C)c2c(OCC(=O)Nc3ccccc3C(=O)NCC(C)C)nn(C)c2n1. The van der Waals surface area contributed by atoms with E-state index in [9.17, 15) is 9.59 Å². The van der Waals surface area contributed by atoms with E-state index in [0.717, 1.165) is 16.6 Å². The van der Waals surface area contributed by atoms with Gasteiger partial charge in [-0.15, -0.1) is 5.10 Å². The molecule has 0 unspecified atom stereocenters. The maximum Gasteiger partial charge on any atom is 0.262 e. The fraction of sp³-hybridized carbons (Fsp3) is 0.364. The number of nitrogens with one attached hydrogen (secondary N) is 2. The lowest BCUT2D eigenvalue weighted by Gasteiger charge is -2.12. The molecule has 0 saturated carbocycles. The molecule has 2 amide bonds. The molecule has 0 atom stereocenters. The van der Waals surface area contributed by atoms with Crippen molar-refractivity contribution in [1.29, 1.82) is 0 Å². The van der Waals surface area contributed by atoms with Crippen LogP contribution >= 0.6 is 0 Å². The number of hydrogen-bond acceptors (Lipinski definition) is 5. The van der Waals surface area contributed by atoms with Gasteiger partial charge in [-0.3, -0.25) is 9.59 Å². The van der Waals surface area contributed by atoms with Gasteiger partial charge in [0.05, 0.1) is 16.6 Å². The standard InChI is InChI=1S/C22H27N5O3/c1-13(2)11-23-21(29)16-8-6-7-9-17(16)25-18(28)12-30-22-19-14(3)10-15(4)24-20(19)27(5)26-22/h6-10,13H,11-12H2,1-5H3,(H,23,29)(H,25,28). The first-order valence-electron chi connectivity index (χ1n) is 9.87. The zero-order chi connectivity index (χ0) is 21.8. The van der Waals surface area contributed by atoms with Gasteiger partial charge in [-0.25, -0.2) is 9.67 Å². The summed E-state index contributed by atoms with van der Waals surface area (Å²) in [7, 11) is 1.78. The summed E-state index contributed by atoms with van der Waals surface area (Å²) < 4.78 is 7.33. The predicted molar refractivity (Wildman–Crippen MR) is 116 cm³/mol. The highest BCUT2D eigenvalue weighted by Crippen LogP contribution is 2.27. The molecule has 0 aliphatic rings. The Labute approximate surface area is 175 Å². The predicted octanol–water partition coefficient (Wildman–Crippen LogP) is 2.99. The van der Waals surface area contributed by atoms with Gasteiger partial charge >= 0.3 is 0 Å². The lowest BCUT2D eigenvalue weighted by atomic mass is 10.1. The van der Waals surface area contributed by atoms with Gasteiger partial charge in [0.2, 0.25) is 5.88 Å². The van der Waals surface area contributed by atoms with Gasteiger partial charge in [0.15, 0.2) is 12.3 Å². The lowest BCUT2D eigenvalue weighted by Crippen LogP contribution is -2.29. The van der Waals surface area contributed by atoms with Crippen molar-refractivity contribution in [3.05, 3.63) is 47.2 Å². The first-order chi connectivity index (χ1) is 14.3. The van der Waals surface area contributed by atoms with Crippen LogP contribution in [0.25, 0.3) is 11.0 Å². The number of hydrogen-bond donors (Lipinski definition) is 2. The number of pyridine rings is 1. The molecule has 0 fully saturated rings. The third-order valence-corrected chi connectivity index (χ3v) is 4.54. The van der Waals surface area contributed by atoms with Crippen molar-refractivity contribution in [2.45, 2.75) is 27.7 Å². The first kappa shape index (κ1) is 21.3. The van der Waals surface area contributed by atoms with Gasteiger partial charge in [0, 0.05) is 19.3 Å². The molecule has 2 heterocycles. The molecule has 0 bridgehead atoms. The van der Waals surface area contributed by atoms with E-state index >= 15 is 0 Å². The number of carbonyl (C=O) groups excluding carboxylic acids is 2. The van der Waals surface area contributed by atoms with E-state index in [2.05, 4.69) is 20.7 Å². The minimum absolute atomic E-state index is 0.228. The topological polar surface area (TPSA) is 98.1 Å². The Hall–Kier alpha value is -3.42. The average molecular weight is 409 g/mol. The molecule has 0 saturated heterocycles. The van der Waals surface area contributed by atoms with Crippen molar-refractivity contribution >= 4 is 28.5 Å². The van der Waals surface area contributed by atoms with E-state index in [1.54, 1.807) is 36.0 Å². The Morgan fingerprint density at radius 3 is 2.67 bits per heavy atom. The van der Waals surface area contributed by atoms with Crippen molar-refractivity contribution in [3.63, 3.8) is 0 Å². The Balaban J connectivity index is 1.71. The number of nitrogens with zero attached hydrogens (tertiary/aromatic N) is 3. The second kappa shape index (κ2) is 8.94. The van der Waals surface area contributed by atoms with Gasteiger partial charge < -0.3 is 15.4 Å².